The predicted molar refractivity (Wildman–Crippen MR) is 55.3 cm³/mol. The molecule has 1 aromatic rings. The fourth-order valence-corrected chi connectivity index (χ4v) is 1.16. The molecule has 1 rings (SSSR count). The summed E-state index contributed by atoms with van der Waals surface area (Å²) in [5.41, 5.74) is 0.120. The molecule has 0 aliphatic rings. The van der Waals surface area contributed by atoms with Gasteiger partial charge in [0.25, 0.3) is 5.88 Å². The normalized spacial score (nSPS) is 10.5. The first-order valence-corrected chi connectivity index (χ1v) is 5.01. The maximum absolute atomic E-state index is 11.3. The fourth-order valence-electron chi connectivity index (χ4n) is 0.952. The van der Waals surface area contributed by atoms with E-state index in [9.17, 15) is 4.79 Å². The number of H-pyrrole nitrogens is 1. The number of carbonyl (C=O) groups excluding carboxylic acids is 1. The number of carbonyl (C=O) groups is 1. The smallest absolute Gasteiger partial charge is 0.358 e. The highest BCUT2D eigenvalue weighted by molar-refractivity contribution is 6.34. The first-order valence-electron chi connectivity index (χ1n) is 4.63. The van der Waals surface area contributed by atoms with Gasteiger partial charge in [-0.15, -0.1) is 5.10 Å². The number of aromatic amines is 1. The van der Waals surface area contributed by atoms with E-state index in [1.54, 1.807) is 6.92 Å². The molecule has 0 bridgehead atoms. The molecular formula is C9H13ClN2O3. The van der Waals surface area contributed by atoms with Gasteiger partial charge in [-0.05, 0) is 20.8 Å². The van der Waals surface area contributed by atoms with Gasteiger partial charge in [0.2, 0.25) is 0 Å². The van der Waals surface area contributed by atoms with Crippen LogP contribution in [0, 0.1) is 0 Å². The van der Waals surface area contributed by atoms with Gasteiger partial charge in [-0.1, -0.05) is 11.6 Å². The Morgan fingerprint density at radius 3 is 2.80 bits per heavy atom. The lowest BCUT2D eigenvalue weighted by Gasteiger charge is -2.05. The molecule has 0 spiro atoms. The van der Waals surface area contributed by atoms with Crippen LogP contribution >= 0.6 is 11.6 Å². The van der Waals surface area contributed by atoms with Crippen LogP contribution in [0.3, 0.4) is 0 Å². The van der Waals surface area contributed by atoms with E-state index in [4.69, 9.17) is 21.1 Å². The molecule has 15 heavy (non-hydrogen) atoms. The molecule has 0 saturated carbocycles. The van der Waals surface area contributed by atoms with E-state index in [1.165, 1.54) is 0 Å². The second-order valence-corrected chi connectivity index (χ2v) is 3.48. The van der Waals surface area contributed by atoms with Crippen molar-refractivity contribution in [3.8, 4) is 5.88 Å². The number of nitrogens with one attached hydrogen (secondary N) is 1. The molecular weight excluding hydrogens is 220 g/mol. The van der Waals surface area contributed by atoms with E-state index in [2.05, 4.69) is 10.2 Å². The van der Waals surface area contributed by atoms with Crippen LogP contribution in [0.1, 0.15) is 31.3 Å². The summed E-state index contributed by atoms with van der Waals surface area (Å²) in [6.45, 7) is 5.69. The van der Waals surface area contributed by atoms with E-state index in [1.807, 2.05) is 13.8 Å². The van der Waals surface area contributed by atoms with Gasteiger partial charge >= 0.3 is 5.97 Å². The highest BCUT2D eigenvalue weighted by Crippen LogP contribution is 2.26. The third-order valence-corrected chi connectivity index (χ3v) is 1.85. The van der Waals surface area contributed by atoms with Crippen molar-refractivity contribution in [3.05, 3.63) is 10.7 Å². The van der Waals surface area contributed by atoms with Crippen LogP contribution in [0.4, 0.5) is 0 Å². The maximum Gasteiger partial charge on any atom is 0.358 e. The van der Waals surface area contributed by atoms with Gasteiger partial charge in [-0.2, -0.15) is 0 Å². The number of rotatable bonds is 4. The second kappa shape index (κ2) is 5.02. The highest BCUT2D eigenvalue weighted by atomic mass is 35.5. The molecule has 0 saturated heterocycles. The van der Waals surface area contributed by atoms with Crippen LogP contribution in [0.25, 0.3) is 0 Å². The van der Waals surface area contributed by atoms with Crippen molar-refractivity contribution >= 4 is 17.6 Å². The zero-order valence-corrected chi connectivity index (χ0v) is 9.59. The van der Waals surface area contributed by atoms with E-state index in [0.717, 1.165) is 0 Å². The Kier molecular flexibility index (Phi) is 3.96. The summed E-state index contributed by atoms with van der Waals surface area (Å²) in [6.07, 6.45) is -0.0548. The van der Waals surface area contributed by atoms with E-state index in [-0.39, 0.29) is 29.3 Å². The Labute approximate surface area is 92.7 Å². The van der Waals surface area contributed by atoms with Crippen LogP contribution in [-0.4, -0.2) is 28.9 Å². The summed E-state index contributed by atoms with van der Waals surface area (Å²) < 4.78 is 10.0. The Morgan fingerprint density at radius 2 is 2.27 bits per heavy atom. The average molecular weight is 233 g/mol. The minimum atomic E-state index is -0.534. The van der Waals surface area contributed by atoms with Crippen LogP contribution in [0.5, 0.6) is 5.88 Å². The number of esters is 1. The monoisotopic (exact) mass is 232 g/mol. The average Bonchev–Trinajstić information content (AvgIpc) is 2.48. The van der Waals surface area contributed by atoms with Crippen molar-refractivity contribution in [1.82, 2.24) is 10.2 Å². The molecule has 0 aliphatic carbocycles. The number of ether oxygens (including phenoxy) is 2. The lowest BCUT2D eigenvalue weighted by Crippen LogP contribution is -2.07. The zero-order valence-electron chi connectivity index (χ0n) is 8.83. The van der Waals surface area contributed by atoms with Gasteiger partial charge in [0.05, 0.1) is 12.7 Å². The predicted octanol–water partition coefficient (Wildman–Crippen LogP) is 2.03. The van der Waals surface area contributed by atoms with Crippen molar-refractivity contribution in [1.29, 1.82) is 0 Å². The lowest BCUT2D eigenvalue weighted by molar-refractivity contribution is 0.0519. The van der Waals surface area contributed by atoms with Crippen LogP contribution in [0.2, 0.25) is 5.02 Å². The molecule has 0 aromatic carbocycles. The summed E-state index contributed by atoms with van der Waals surface area (Å²) in [7, 11) is 0. The Hall–Kier alpha value is -1.23. The van der Waals surface area contributed by atoms with Crippen molar-refractivity contribution in [2.75, 3.05) is 6.61 Å². The SMILES string of the molecule is CCOC(=O)c1[nH]nc(OC(C)C)c1Cl. The molecule has 0 amide bonds. The molecule has 0 unspecified atom stereocenters. The van der Waals surface area contributed by atoms with Crippen molar-refractivity contribution in [3.63, 3.8) is 0 Å². The molecule has 1 N–H and O–H groups in total. The fraction of sp³-hybridized carbons (Fsp3) is 0.556. The van der Waals surface area contributed by atoms with Gasteiger partial charge in [-0.3, -0.25) is 5.10 Å². The lowest BCUT2D eigenvalue weighted by atomic mass is 10.4. The third kappa shape index (κ3) is 2.86. The summed E-state index contributed by atoms with van der Waals surface area (Å²) in [6, 6.07) is 0. The number of nitrogens with zero attached hydrogens (tertiary/aromatic N) is 1. The summed E-state index contributed by atoms with van der Waals surface area (Å²) >= 11 is 5.88. The zero-order chi connectivity index (χ0) is 11.4. The third-order valence-electron chi connectivity index (χ3n) is 1.50. The van der Waals surface area contributed by atoms with Gasteiger partial charge in [-0.25, -0.2) is 4.79 Å². The van der Waals surface area contributed by atoms with E-state index >= 15 is 0 Å². The highest BCUT2D eigenvalue weighted by Gasteiger charge is 2.20. The minimum Gasteiger partial charge on any atom is -0.473 e. The number of aromatic nitrogens is 2. The van der Waals surface area contributed by atoms with E-state index < -0.39 is 5.97 Å². The molecule has 5 nitrogen and oxygen atoms in total. The molecule has 0 atom stereocenters. The molecule has 0 radical (unpaired) electrons. The maximum atomic E-state index is 11.3. The quantitative estimate of drug-likeness (QED) is 0.807. The molecule has 84 valence electrons. The second-order valence-electron chi connectivity index (χ2n) is 3.10. The molecule has 1 aromatic heterocycles. The van der Waals surface area contributed by atoms with Gasteiger partial charge in [0.15, 0.2) is 5.69 Å². The molecule has 1 heterocycles. The molecule has 0 fully saturated rings. The number of hydrogen-bond acceptors (Lipinski definition) is 4. The minimum absolute atomic E-state index is 0.0548. The van der Waals surface area contributed by atoms with Gasteiger partial charge in [0, 0.05) is 0 Å². The molecule has 6 heteroatoms. The first-order chi connectivity index (χ1) is 7.06. The van der Waals surface area contributed by atoms with Crippen LogP contribution in [-0.2, 0) is 4.74 Å². The summed E-state index contributed by atoms with van der Waals surface area (Å²) in [4.78, 5) is 11.3. The topological polar surface area (TPSA) is 64.2 Å². The number of hydrogen-bond donors (Lipinski definition) is 1. The van der Waals surface area contributed by atoms with Crippen molar-refractivity contribution in [2.24, 2.45) is 0 Å². The Balaban J connectivity index is 2.84. The Bertz CT molecular complexity index is 349. The van der Waals surface area contributed by atoms with E-state index in [0.29, 0.717) is 0 Å². The summed E-state index contributed by atoms with van der Waals surface area (Å²) in [5, 5.41) is 6.42. The van der Waals surface area contributed by atoms with Gasteiger partial charge in [0.1, 0.15) is 5.02 Å². The first kappa shape index (κ1) is 11.8. The van der Waals surface area contributed by atoms with Crippen LogP contribution < -0.4 is 4.74 Å². The molecule has 0 aliphatic heterocycles. The van der Waals surface area contributed by atoms with Crippen molar-refractivity contribution < 1.29 is 14.3 Å². The van der Waals surface area contributed by atoms with Gasteiger partial charge < -0.3 is 9.47 Å². The Morgan fingerprint density at radius 1 is 1.60 bits per heavy atom. The largest absolute Gasteiger partial charge is 0.473 e. The van der Waals surface area contributed by atoms with Crippen LogP contribution in [0.15, 0.2) is 0 Å². The summed E-state index contributed by atoms with van der Waals surface area (Å²) in [5.74, 6) is -0.316. The standard InChI is InChI=1S/C9H13ClN2O3/c1-4-14-9(13)7-6(10)8(12-11-7)15-5(2)3/h5H,4H2,1-3H3,(H,11,12). The van der Waals surface area contributed by atoms with Crippen molar-refractivity contribution in [2.45, 2.75) is 26.9 Å². The number of halogens is 1.